The van der Waals surface area contributed by atoms with Crippen LogP contribution in [0.3, 0.4) is 0 Å². The predicted molar refractivity (Wildman–Crippen MR) is 199 cm³/mol. The quantitative estimate of drug-likeness (QED) is 0.185. The summed E-state index contributed by atoms with van der Waals surface area (Å²) in [6.45, 7) is 0. The molecular weight excluding hydrogens is 585 g/mol. The number of hydrogen-bond donors (Lipinski definition) is 0. The highest BCUT2D eigenvalue weighted by atomic mass is 15.1. The lowest BCUT2D eigenvalue weighted by Crippen LogP contribution is -1.98. The molecule has 6 aromatic carbocycles. The van der Waals surface area contributed by atoms with E-state index in [9.17, 15) is 0 Å². The number of para-hydroxylation sites is 1. The van der Waals surface area contributed by atoms with Crippen LogP contribution >= 0.6 is 0 Å². The largest absolute Gasteiger partial charge is 0.294 e. The van der Waals surface area contributed by atoms with Gasteiger partial charge in [-0.3, -0.25) is 8.97 Å². The van der Waals surface area contributed by atoms with E-state index in [1.165, 1.54) is 38.1 Å². The highest BCUT2D eigenvalue weighted by Crippen LogP contribution is 2.42. The van der Waals surface area contributed by atoms with Gasteiger partial charge < -0.3 is 0 Å². The molecule has 0 radical (unpaired) electrons. The van der Waals surface area contributed by atoms with Crippen molar-refractivity contribution in [1.82, 2.24) is 18.9 Å². The van der Waals surface area contributed by atoms with Gasteiger partial charge in [-0.1, -0.05) is 133 Å². The maximum absolute atomic E-state index is 5.48. The van der Waals surface area contributed by atoms with E-state index in [-0.39, 0.29) is 0 Å². The molecule has 0 spiro atoms. The molecule has 0 aliphatic carbocycles. The van der Waals surface area contributed by atoms with Crippen molar-refractivity contribution in [1.29, 1.82) is 0 Å². The Morgan fingerprint density at radius 2 is 1.00 bits per heavy atom. The van der Waals surface area contributed by atoms with Gasteiger partial charge >= 0.3 is 0 Å². The number of aromatic nitrogens is 4. The number of imidazole rings is 1. The first-order chi connectivity index (χ1) is 23.8. The van der Waals surface area contributed by atoms with E-state index in [2.05, 4.69) is 167 Å². The molecule has 10 aromatic rings. The Bertz CT molecular complexity index is 2800. The summed E-state index contributed by atoms with van der Waals surface area (Å²) in [5.74, 6) is 1.81. The normalized spacial score (nSPS) is 11.8. The minimum Gasteiger partial charge on any atom is -0.294 e. The SMILES string of the molecule is c1ccc(-c2ccc(-c3nc(-c4ccccc4)c4c5ccccc5c5cc6c7ccccc7n(-c7ccccn7)c6cc5n34)cc2)cc1. The van der Waals surface area contributed by atoms with Crippen LogP contribution in [0.2, 0.25) is 0 Å². The van der Waals surface area contributed by atoms with Gasteiger partial charge in [0.1, 0.15) is 11.6 Å². The maximum Gasteiger partial charge on any atom is 0.145 e. The molecule has 4 aromatic heterocycles. The van der Waals surface area contributed by atoms with Gasteiger partial charge in [0, 0.05) is 38.9 Å². The maximum atomic E-state index is 5.48. The fourth-order valence-electron chi connectivity index (χ4n) is 7.40. The van der Waals surface area contributed by atoms with Gasteiger partial charge in [0.25, 0.3) is 0 Å². The van der Waals surface area contributed by atoms with E-state index in [1.54, 1.807) is 0 Å². The Kier molecular flexibility index (Phi) is 5.84. The van der Waals surface area contributed by atoms with Crippen molar-refractivity contribution in [2.45, 2.75) is 0 Å². The van der Waals surface area contributed by atoms with Gasteiger partial charge in [-0.15, -0.1) is 0 Å². The zero-order valence-corrected chi connectivity index (χ0v) is 26.0. The summed E-state index contributed by atoms with van der Waals surface area (Å²) in [6, 6.07) is 58.1. The molecule has 4 nitrogen and oxygen atoms in total. The third-order valence-electron chi connectivity index (χ3n) is 9.56. The minimum absolute atomic E-state index is 0.896. The van der Waals surface area contributed by atoms with Crippen LogP contribution in [0.1, 0.15) is 0 Å². The lowest BCUT2D eigenvalue weighted by atomic mass is 10.00. The monoisotopic (exact) mass is 612 g/mol. The number of benzene rings is 6. The molecule has 0 saturated heterocycles. The molecule has 48 heavy (non-hydrogen) atoms. The first kappa shape index (κ1) is 26.7. The van der Waals surface area contributed by atoms with Crippen molar-refractivity contribution in [2.24, 2.45) is 0 Å². The Balaban J connectivity index is 1.37. The summed E-state index contributed by atoms with van der Waals surface area (Å²) in [4.78, 5) is 10.3. The van der Waals surface area contributed by atoms with Crippen molar-refractivity contribution in [3.05, 3.63) is 170 Å². The predicted octanol–water partition coefficient (Wildman–Crippen LogP) is 11.1. The summed E-state index contributed by atoms with van der Waals surface area (Å²) in [5.41, 5.74) is 9.96. The van der Waals surface area contributed by atoms with Gasteiger partial charge in [0.15, 0.2) is 0 Å². The smallest absolute Gasteiger partial charge is 0.145 e. The minimum atomic E-state index is 0.896. The molecule has 0 aliphatic rings. The summed E-state index contributed by atoms with van der Waals surface area (Å²) < 4.78 is 4.67. The fraction of sp³-hybridized carbons (Fsp3) is 0. The van der Waals surface area contributed by atoms with Gasteiger partial charge in [0.2, 0.25) is 0 Å². The molecule has 0 fully saturated rings. The highest BCUT2D eigenvalue weighted by Gasteiger charge is 2.22. The van der Waals surface area contributed by atoms with Crippen LogP contribution in [0.25, 0.3) is 88.6 Å². The lowest BCUT2D eigenvalue weighted by molar-refractivity contribution is 1.08. The second kappa shape index (κ2) is 10.5. The van der Waals surface area contributed by atoms with Crippen LogP contribution in [-0.2, 0) is 0 Å². The average Bonchev–Trinajstić information content (AvgIpc) is 3.72. The Morgan fingerprint density at radius 1 is 0.396 bits per heavy atom. The Morgan fingerprint density at radius 3 is 1.75 bits per heavy atom. The Hall–Kier alpha value is -6.52. The van der Waals surface area contributed by atoms with Gasteiger partial charge in [-0.05, 0) is 46.8 Å². The molecule has 0 atom stereocenters. The zero-order valence-electron chi connectivity index (χ0n) is 26.0. The molecule has 0 N–H and O–H groups in total. The number of nitrogens with zero attached hydrogens (tertiary/aromatic N) is 4. The summed E-state index contributed by atoms with van der Waals surface area (Å²) >= 11 is 0. The van der Waals surface area contributed by atoms with E-state index >= 15 is 0 Å². The van der Waals surface area contributed by atoms with Gasteiger partial charge in [-0.2, -0.15) is 0 Å². The van der Waals surface area contributed by atoms with Crippen molar-refractivity contribution in [3.8, 4) is 39.6 Å². The molecule has 224 valence electrons. The number of fused-ring (bicyclic) bond motifs is 9. The number of rotatable bonds is 4. The van der Waals surface area contributed by atoms with E-state index in [0.29, 0.717) is 0 Å². The molecule has 4 heteroatoms. The fourth-order valence-corrected chi connectivity index (χ4v) is 7.40. The molecule has 0 unspecified atom stereocenters. The molecule has 10 rings (SSSR count). The van der Waals surface area contributed by atoms with Gasteiger partial charge in [0.05, 0.1) is 27.8 Å². The zero-order chi connectivity index (χ0) is 31.6. The van der Waals surface area contributed by atoms with Crippen molar-refractivity contribution in [3.63, 3.8) is 0 Å². The Labute approximate surface area is 276 Å². The second-order valence-electron chi connectivity index (χ2n) is 12.3. The standard InChI is InChI=1S/C44H28N4/c1-3-13-29(14-4-1)30-22-24-32(25-23-30)44-46-42(31-15-5-2-6-16-31)43-35-19-8-7-17-33(35)36-27-37-34-18-9-10-20-38(34)47(41-21-11-12-26-45-41)39(37)28-40(36)48(43)44/h1-28H. The highest BCUT2D eigenvalue weighted by molar-refractivity contribution is 6.21. The molecule has 4 heterocycles. The van der Waals surface area contributed by atoms with Crippen molar-refractivity contribution >= 4 is 49.0 Å². The van der Waals surface area contributed by atoms with Crippen LogP contribution < -0.4 is 0 Å². The summed E-state index contributed by atoms with van der Waals surface area (Å²) in [5, 5.41) is 5.98. The second-order valence-corrected chi connectivity index (χ2v) is 12.3. The number of hydrogen-bond acceptors (Lipinski definition) is 2. The third kappa shape index (κ3) is 3.96. The molecule has 0 bridgehead atoms. The van der Waals surface area contributed by atoms with Crippen LogP contribution in [0, 0.1) is 0 Å². The first-order valence-electron chi connectivity index (χ1n) is 16.3. The van der Waals surface area contributed by atoms with E-state index in [0.717, 1.165) is 50.5 Å². The lowest BCUT2D eigenvalue weighted by Gasteiger charge is -2.13. The molecule has 0 aliphatic heterocycles. The van der Waals surface area contributed by atoms with E-state index in [4.69, 9.17) is 9.97 Å². The van der Waals surface area contributed by atoms with E-state index < -0.39 is 0 Å². The summed E-state index contributed by atoms with van der Waals surface area (Å²) in [7, 11) is 0. The first-order valence-corrected chi connectivity index (χ1v) is 16.3. The molecule has 0 amide bonds. The van der Waals surface area contributed by atoms with E-state index in [1.807, 2.05) is 12.3 Å². The van der Waals surface area contributed by atoms with Crippen LogP contribution in [0.5, 0.6) is 0 Å². The average molecular weight is 613 g/mol. The van der Waals surface area contributed by atoms with Crippen molar-refractivity contribution in [2.75, 3.05) is 0 Å². The van der Waals surface area contributed by atoms with Crippen LogP contribution in [-0.4, -0.2) is 18.9 Å². The van der Waals surface area contributed by atoms with Gasteiger partial charge in [-0.25, -0.2) is 9.97 Å². The van der Waals surface area contributed by atoms with Crippen LogP contribution in [0.4, 0.5) is 0 Å². The van der Waals surface area contributed by atoms with Crippen LogP contribution in [0.15, 0.2) is 170 Å². The number of pyridine rings is 2. The van der Waals surface area contributed by atoms with Crippen molar-refractivity contribution < 1.29 is 0 Å². The third-order valence-corrected chi connectivity index (χ3v) is 9.56. The molecule has 0 saturated carbocycles. The molecular formula is C44H28N4. The summed E-state index contributed by atoms with van der Waals surface area (Å²) in [6.07, 6.45) is 1.86. The topological polar surface area (TPSA) is 35.1 Å².